The average molecular weight is 253 g/mol. The fourth-order valence-corrected chi connectivity index (χ4v) is 2.57. The van der Waals surface area contributed by atoms with Crippen molar-refractivity contribution in [3.8, 4) is 0 Å². The maximum absolute atomic E-state index is 4.23. The van der Waals surface area contributed by atoms with Crippen molar-refractivity contribution in [3.05, 3.63) is 72.0 Å². The minimum Gasteiger partial charge on any atom is -0.375 e. The summed E-state index contributed by atoms with van der Waals surface area (Å²) in [5.41, 5.74) is 3.72. The summed E-state index contributed by atoms with van der Waals surface area (Å²) < 4.78 is 0. The van der Waals surface area contributed by atoms with Crippen LogP contribution in [0.2, 0.25) is 0 Å². The molecule has 0 heterocycles. The Kier molecular flexibility index (Phi) is 4.62. The van der Waals surface area contributed by atoms with E-state index in [4.69, 9.17) is 0 Å². The van der Waals surface area contributed by atoms with Crippen molar-refractivity contribution in [2.24, 2.45) is 5.92 Å². The van der Waals surface area contributed by atoms with Crippen LogP contribution in [0.3, 0.4) is 0 Å². The van der Waals surface area contributed by atoms with E-state index in [-0.39, 0.29) is 0 Å². The lowest BCUT2D eigenvalue weighted by Gasteiger charge is -2.28. The smallest absolute Gasteiger partial charge is 0.0355 e. The molecule has 19 heavy (non-hydrogen) atoms. The van der Waals surface area contributed by atoms with Crippen molar-refractivity contribution in [1.29, 1.82) is 0 Å². The minimum atomic E-state index is 0.391. The Bertz CT molecular complexity index is 470. The summed E-state index contributed by atoms with van der Waals surface area (Å²) in [7, 11) is 0. The Morgan fingerprint density at radius 3 is 2.53 bits per heavy atom. The van der Waals surface area contributed by atoms with Gasteiger partial charge in [-0.2, -0.15) is 0 Å². The van der Waals surface area contributed by atoms with E-state index in [1.54, 1.807) is 0 Å². The van der Waals surface area contributed by atoms with Gasteiger partial charge >= 0.3 is 0 Å². The van der Waals surface area contributed by atoms with Gasteiger partial charge in [-0.25, -0.2) is 0 Å². The summed E-state index contributed by atoms with van der Waals surface area (Å²) in [6.07, 6.45) is 18.6. The van der Waals surface area contributed by atoms with E-state index in [0.717, 1.165) is 25.1 Å². The molecule has 0 amide bonds. The predicted molar refractivity (Wildman–Crippen MR) is 83.8 cm³/mol. The first-order valence-corrected chi connectivity index (χ1v) is 7.13. The Hall–Kier alpha value is -1.76. The van der Waals surface area contributed by atoms with Crippen LogP contribution in [0.4, 0.5) is 0 Å². The standard InChI is InChI=1S/C18H23N/c1-4-19(5-2)18(17-12-8-9-13-17)14-15(3)16-10-6-7-11-16/h6,8-14,17H,3-5,7H2,1-2H3. The molecule has 2 aliphatic carbocycles. The lowest BCUT2D eigenvalue weighted by molar-refractivity contribution is 0.361. The monoisotopic (exact) mass is 253 g/mol. The number of allylic oxidation sites excluding steroid dienone is 9. The molecule has 0 aromatic rings. The van der Waals surface area contributed by atoms with Crippen LogP contribution in [0.5, 0.6) is 0 Å². The summed E-state index contributed by atoms with van der Waals surface area (Å²) in [5, 5.41) is 0. The van der Waals surface area contributed by atoms with Gasteiger partial charge in [-0.05, 0) is 37.5 Å². The number of rotatable bonds is 6. The van der Waals surface area contributed by atoms with Crippen molar-refractivity contribution in [3.63, 3.8) is 0 Å². The van der Waals surface area contributed by atoms with Gasteiger partial charge in [-0.1, -0.05) is 49.1 Å². The Morgan fingerprint density at radius 2 is 2.00 bits per heavy atom. The maximum atomic E-state index is 4.23. The van der Waals surface area contributed by atoms with E-state index in [0.29, 0.717) is 5.92 Å². The van der Waals surface area contributed by atoms with Gasteiger partial charge in [0.25, 0.3) is 0 Å². The van der Waals surface area contributed by atoms with E-state index in [2.05, 4.69) is 73.9 Å². The Balaban J connectivity index is 2.25. The second-order valence-corrected chi connectivity index (χ2v) is 4.86. The first-order chi connectivity index (χ1) is 9.26. The van der Waals surface area contributed by atoms with Gasteiger partial charge in [0.05, 0.1) is 0 Å². The van der Waals surface area contributed by atoms with E-state index >= 15 is 0 Å². The topological polar surface area (TPSA) is 3.24 Å². The Labute approximate surface area is 117 Å². The molecule has 0 aromatic carbocycles. The molecule has 2 aliphatic rings. The molecule has 0 unspecified atom stereocenters. The highest BCUT2D eigenvalue weighted by Crippen LogP contribution is 2.26. The average Bonchev–Trinajstić information content (AvgIpc) is 3.12. The Morgan fingerprint density at radius 1 is 1.32 bits per heavy atom. The van der Waals surface area contributed by atoms with Gasteiger partial charge in [-0.3, -0.25) is 0 Å². The number of hydrogen-bond donors (Lipinski definition) is 0. The zero-order chi connectivity index (χ0) is 13.7. The van der Waals surface area contributed by atoms with Crippen LogP contribution in [0.25, 0.3) is 0 Å². The molecular weight excluding hydrogens is 230 g/mol. The summed E-state index contributed by atoms with van der Waals surface area (Å²) in [6, 6.07) is 0. The van der Waals surface area contributed by atoms with Gasteiger partial charge < -0.3 is 4.90 Å². The van der Waals surface area contributed by atoms with Crippen LogP contribution in [0, 0.1) is 5.92 Å². The fourth-order valence-electron chi connectivity index (χ4n) is 2.57. The van der Waals surface area contributed by atoms with Crippen LogP contribution in [0.15, 0.2) is 72.0 Å². The molecule has 0 aliphatic heterocycles. The van der Waals surface area contributed by atoms with Gasteiger partial charge in [0.15, 0.2) is 0 Å². The molecule has 1 nitrogen and oxygen atoms in total. The van der Waals surface area contributed by atoms with Gasteiger partial charge in [0, 0.05) is 24.7 Å². The number of hydrogen-bond acceptors (Lipinski definition) is 1. The lowest BCUT2D eigenvalue weighted by atomic mass is 10.0. The van der Waals surface area contributed by atoms with E-state index < -0.39 is 0 Å². The second kappa shape index (κ2) is 6.42. The molecule has 0 N–H and O–H groups in total. The van der Waals surface area contributed by atoms with Crippen LogP contribution >= 0.6 is 0 Å². The predicted octanol–water partition coefficient (Wildman–Crippen LogP) is 4.40. The minimum absolute atomic E-state index is 0.391. The third-order valence-corrected chi connectivity index (χ3v) is 3.68. The van der Waals surface area contributed by atoms with Crippen LogP contribution < -0.4 is 0 Å². The largest absolute Gasteiger partial charge is 0.375 e. The molecule has 2 rings (SSSR count). The van der Waals surface area contributed by atoms with Crippen molar-refractivity contribution >= 4 is 0 Å². The van der Waals surface area contributed by atoms with Gasteiger partial charge in [0.2, 0.25) is 0 Å². The molecule has 0 bridgehead atoms. The summed E-state index contributed by atoms with van der Waals surface area (Å²) in [4.78, 5) is 2.41. The SMILES string of the molecule is C=C(C=C(C1C=CC=C1)N(CC)CC)C1=CCC=C1. The van der Waals surface area contributed by atoms with Gasteiger partial charge in [0.1, 0.15) is 0 Å². The van der Waals surface area contributed by atoms with Crippen molar-refractivity contribution in [2.45, 2.75) is 20.3 Å². The molecule has 100 valence electrons. The highest BCUT2D eigenvalue weighted by Gasteiger charge is 2.16. The van der Waals surface area contributed by atoms with Crippen LogP contribution in [-0.4, -0.2) is 18.0 Å². The molecule has 0 aromatic heterocycles. The molecule has 0 saturated heterocycles. The highest BCUT2D eigenvalue weighted by molar-refractivity contribution is 5.49. The molecule has 0 saturated carbocycles. The zero-order valence-electron chi connectivity index (χ0n) is 12.0. The van der Waals surface area contributed by atoms with Gasteiger partial charge in [-0.15, -0.1) is 0 Å². The van der Waals surface area contributed by atoms with Crippen molar-refractivity contribution < 1.29 is 0 Å². The molecule has 0 spiro atoms. The molecular formula is C18H23N. The summed E-state index contributed by atoms with van der Waals surface area (Å²) in [6.45, 7) is 10.7. The highest BCUT2D eigenvalue weighted by atomic mass is 15.1. The molecule has 0 atom stereocenters. The second-order valence-electron chi connectivity index (χ2n) is 4.86. The quantitative estimate of drug-likeness (QED) is 0.634. The molecule has 0 radical (unpaired) electrons. The van der Waals surface area contributed by atoms with E-state index in [1.165, 1.54) is 11.3 Å². The van der Waals surface area contributed by atoms with Crippen LogP contribution in [0.1, 0.15) is 20.3 Å². The lowest BCUT2D eigenvalue weighted by Crippen LogP contribution is -2.25. The first-order valence-electron chi connectivity index (χ1n) is 7.13. The summed E-state index contributed by atoms with van der Waals surface area (Å²) in [5.74, 6) is 0.391. The van der Waals surface area contributed by atoms with E-state index in [9.17, 15) is 0 Å². The third-order valence-electron chi connectivity index (χ3n) is 3.68. The molecule has 0 fully saturated rings. The fraction of sp³-hybridized carbons (Fsp3) is 0.333. The normalized spacial score (nSPS) is 18.2. The van der Waals surface area contributed by atoms with E-state index in [1.807, 2.05) is 0 Å². The van der Waals surface area contributed by atoms with Crippen molar-refractivity contribution in [2.75, 3.05) is 13.1 Å². The summed E-state index contributed by atoms with van der Waals surface area (Å²) >= 11 is 0. The van der Waals surface area contributed by atoms with Crippen LogP contribution in [-0.2, 0) is 0 Å². The molecule has 1 heteroatoms. The zero-order valence-corrected chi connectivity index (χ0v) is 12.0. The third kappa shape index (κ3) is 3.17. The van der Waals surface area contributed by atoms with Crippen molar-refractivity contribution in [1.82, 2.24) is 4.90 Å². The first kappa shape index (κ1) is 13.7. The number of nitrogens with zero attached hydrogens (tertiary/aromatic N) is 1. The maximum Gasteiger partial charge on any atom is 0.0355 e.